The zero-order valence-electron chi connectivity index (χ0n) is 22.1. The molecule has 0 bridgehead atoms. The minimum absolute atomic E-state index is 0.0350. The monoisotopic (exact) mass is 627 g/mol. The van der Waals surface area contributed by atoms with Crippen molar-refractivity contribution in [3.05, 3.63) is 69.2 Å². The summed E-state index contributed by atoms with van der Waals surface area (Å²) in [5.74, 6) is 0.150. The summed E-state index contributed by atoms with van der Waals surface area (Å²) >= 11 is 3.53. The number of anilines is 1. The van der Waals surface area contributed by atoms with E-state index in [9.17, 15) is 9.18 Å². The fourth-order valence-corrected chi connectivity index (χ4v) is 4.82. The Labute approximate surface area is 242 Å². The van der Waals surface area contributed by atoms with Gasteiger partial charge in [-0.1, -0.05) is 17.3 Å². The molecule has 3 N–H and O–H groups in total. The molecular weight excluding hydrogens is 601 g/mol. The first-order chi connectivity index (χ1) is 19.9. The second-order valence-corrected chi connectivity index (χ2v) is 9.97. The number of nitrogens with zero attached hydrogens (tertiary/aromatic N) is 7. The number of hydrogen-bond donors (Lipinski definition) is 2. The van der Waals surface area contributed by atoms with Gasteiger partial charge in [-0.15, -0.1) is 5.10 Å². The van der Waals surface area contributed by atoms with Crippen molar-refractivity contribution < 1.29 is 23.3 Å². The molecule has 5 rings (SSSR count). The second-order valence-electron chi connectivity index (χ2n) is 9.12. The average Bonchev–Trinajstić information content (AvgIpc) is 3.72. The third-order valence-electron chi connectivity index (χ3n) is 6.27. The smallest absolute Gasteiger partial charge is 0.292 e. The first-order valence-corrected chi connectivity index (χ1v) is 13.6. The number of ether oxygens (including phenoxy) is 2. The number of aromatic nitrogens is 5. The summed E-state index contributed by atoms with van der Waals surface area (Å²) in [7, 11) is 0. The van der Waals surface area contributed by atoms with Crippen molar-refractivity contribution >= 4 is 33.9 Å². The van der Waals surface area contributed by atoms with Gasteiger partial charge in [0.2, 0.25) is 11.6 Å². The molecule has 1 saturated heterocycles. The van der Waals surface area contributed by atoms with Crippen molar-refractivity contribution in [1.82, 2.24) is 35.6 Å². The van der Waals surface area contributed by atoms with Crippen molar-refractivity contribution in [2.45, 2.75) is 32.9 Å². The second kappa shape index (κ2) is 12.9. The number of benzene rings is 2. The Morgan fingerprint density at radius 2 is 2.00 bits per heavy atom. The van der Waals surface area contributed by atoms with Crippen LogP contribution in [-0.4, -0.2) is 62.0 Å². The summed E-state index contributed by atoms with van der Waals surface area (Å²) in [5, 5.41) is 19.8. The lowest BCUT2D eigenvalue weighted by atomic mass is 10.2. The van der Waals surface area contributed by atoms with Gasteiger partial charge in [0, 0.05) is 17.1 Å². The van der Waals surface area contributed by atoms with Crippen molar-refractivity contribution in [2.75, 3.05) is 25.4 Å². The maximum atomic E-state index is 13.4. The van der Waals surface area contributed by atoms with Gasteiger partial charge in [-0.2, -0.15) is 9.78 Å². The summed E-state index contributed by atoms with van der Waals surface area (Å²) in [6.07, 6.45) is 3.61. The van der Waals surface area contributed by atoms with Crippen LogP contribution in [-0.2, 0) is 13.2 Å². The predicted octanol–water partition coefficient (Wildman–Crippen LogP) is 3.47. The number of carbonyl (C=O) groups is 1. The molecule has 0 aliphatic carbocycles. The van der Waals surface area contributed by atoms with Gasteiger partial charge in [0.1, 0.15) is 29.6 Å². The highest BCUT2D eigenvalue weighted by Gasteiger charge is 2.27. The topological polar surface area (TPSA) is 159 Å². The van der Waals surface area contributed by atoms with Crippen LogP contribution in [0.3, 0.4) is 0 Å². The summed E-state index contributed by atoms with van der Waals surface area (Å²) in [4.78, 5) is 15.5. The van der Waals surface area contributed by atoms with E-state index in [0.29, 0.717) is 40.4 Å². The maximum Gasteiger partial charge on any atom is 0.292 e. The van der Waals surface area contributed by atoms with E-state index in [1.165, 1.54) is 23.0 Å². The van der Waals surface area contributed by atoms with E-state index in [1.54, 1.807) is 24.3 Å². The van der Waals surface area contributed by atoms with E-state index < -0.39 is 5.91 Å². The lowest BCUT2D eigenvalue weighted by molar-refractivity contribution is 0.0945. The molecule has 2 aromatic carbocycles. The molecule has 0 spiro atoms. The molecule has 1 aliphatic rings. The van der Waals surface area contributed by atoms with E-state index in [2.05, 4.69) is 52.0 Å². The average molecular weight is 628 g/mol. The van der Waals surface area contributed by atoms with Gasteiger partial charge in [-0.05, 0) is 82.9 Å². The highest BCUT2D eigenvalue weighted by atomic mass is 79.9. The SMILES string of the molecule is CCOc1cc(OCc2ccc(F)cc2)cc(Br)c1/C=N\NC(=O)c1c(CN2CCCC2)nnn1-c1nonc1N. The number of nitrogen functional groups attached to an aromatic ring is 1. The normalized spacial score (nSPS) is 13.6. The molecule has 15 heteroatoms. The van der Waals surface area contributed by atoms with Gasteiger partial charge >= 0.3 is 0 Å². The number of rotatable bonds is 11. The summed E-state index contributed by atoms with van der Waals surface area (Å²) in [6.45, 7) is 4.71. The largest absolute Gasteiger partial charge is 0.493 e. The van der Waals surface area contributed by atoms with Gasteiger partial charge in [0.25, 0.3) is 5.91 Å². The molecule has 1 fully saturated rings. The van der Waals surface area contributed by atoms with Gasteiger partial charge < -0.3 is 15.2 Å². The molecule has 0 radical (unpaired) electrons. The molecule has 13 nitrogen and oxygen atoms in total. The van der Waals surface area contributed by atoms with E-state index >= 15 is 0 Å². The molecule has 214 valence electrons. The lowest BCUT2D eigenvalue weighted by Gasteiger charge is -2.14. The third kappa shape index (κ3) is 6.69. The number of amides is 1. The fourth-order valence-electron chi connectivity index (χ4n) is 4.29. The number of carbonyl (C=O) groups excluding carboxylic acids is 1. The van der Waals surface area contributed by atoms with E-state index in [0.717, 1.165) is 31.5 Å². The molecular formula is C26H27BrFN9O4. The number of likely N-dealkylation sites (tertiary alicyclic amines) is 1. The van der Waals surface area contributed by atoms with Crippen LogP contribution in [0.2, 0.25) is 0 Å². The molecule has 41 heavy (non-hydrogen) atoms. The van der Waals surface area contributed by atoms with Gasteiger partial charge in [-0.25, -0.2) is 14.4 Å². The van der Waals surface area contributed by atoms with Crippen molar-refractivity contribution in [3.8, 4) is 17.3 Å². The molecule has 1 aliphatic heterocycles. The first-order valence-electron chi connectivity index (χ1n) is 12.8. The summed E-state index contributed by atoms with van der Waals surface area (Å²) in [5.41, 5.74) is 10.3. The number of hydrazone groups is 1. The van der Waals surface area contributed by atoms with E-state index in [1.807, 2.05) is 6.92 Å². The highest BCUT2D eigenvalue weighted by Crippen LogP contribution is 2.32. The van der Waals surface area contributed by atoms with Crippen LogP contribution in [0, 0.1) is 5.82 Å². The van der Waals surface area contributed by atoms with Gasteiger partial charge in [-0.3, -0.25) is 9.69 Å². The molecule has 0 saturated carbocycles. The predicted molar refractivity (Wildman–Crippen MR) is 149 cm³/mol. The van der Waals surface area contributed by atoms with Crippen molar-refractivity contribution in [3.63, 3.8) is 0 Å². The molecule has 1 amide bonds. The molecule has 0 atom stereocenters. The van der Waals surface area contributed by atoms with E-state index in [-0.39, 0.29) is 29.8 Å². The minimum Gasteiger partial charge on any atom is -0.493 e. The molecule has 2 aromatic heterocycles. The Kier molecular flexibility index (Phi) is 8.84. The Hall–Kier alpha value is -4.37. The number of nitrogens with one attached hydrogen (secondary N) is 1. The zero-order valence-corrected chi connectivity index (χ0v) is 23.7. The van der Waals surface area contributed by atoms with Crippen LogP contribution < -0.4 is 20.6 Å². The minimum atomic E-state index is -0.573. The summed E-state index contributed by atoms with van der Waals surface area (Å²) < 4.78 is 31.4. The van der Waals surface area contributed by atoms with Crippen LogP contribution in [0.15, 0.2) is 50.6 Å². The zero-order chi connectivity index (χ0) is 28.8. The van der Waals surface area contributed by atoms with Crippen LogP contribution >= 0.6 is 15.9 Å². The molecule has 0 unspecified atom stereocenters. The number of hydrogen-bond acceptors (Lipinski definition) is 11. The van der Waals surface area contributed by atoms with Gasteiger partial charge in [0.05, 0.1) is 18.4 Å². The Balaban J connectivity index is 1.34. The Morgan fingerprint density at radius 1 is 1.22 bits per heavy atom. The van der Waals surface area contributed by atoms with Gasteiger partial charge in [0.15, 0.2) is 5.69 Å². The highest BCUT2D eigenvalue weighted by molar-refractivity contribution is 9.10. The third-order valence-corrected chi connectivity index (χ3v) is 6.92. The van der Waals surface area contributed by atoms with Crippen molar-refractivity contribution in [2.24, 2.45) is 5.10 Å². The Morgan fingerprint density at radius 3 is 2.71 bits per heavy atom. The summed E-state index contributed by atoms with van der Waals surface area (Å²) in [6, 6.07) is 9.54. The quantitative estimate of drug-likeness (QED) is 0.186. The standard InChI is InChI=1S/C26H27BrFN9O4/c1-2-39-22-12-18(40-15-16-5-7-17(28)8-6-16)11-20(27)19(22)13-30-32-26(38)23-21(14-36-9-3-4-10-36)31-35-37(23)25-24(29)33-41-34-25/h5-8,11-13H,2-4,9-10,14-15H2,1H3,(H2,29,33)(H,32,38)/b30-13-. The van der Waals surface area contributed by atoms with Crippen LogP contribution in [0.1, 0.15) is 47.1 Å². The van der Waals surface area contributed by atoms with E-state index in [4.69, 9.17) is 19.8 Å². The first kappa shape index (κ1) is 28.2. The van der Waals surface area contributed by atoms with Crippen LogP contribution in [0.5, 0.6) is 11.5 Å². The number of halogens is 2. The van der Waals surface area contributed by atoms with Crippen molar-refractivity contribution in [1.29, 1.82) is 0 Å². The van der Waals surface area contributed by atoms with Crippen LogP contribution in [0.4, 0.5) is 10.2 Å². The Bertz CT molecular complexity index is 1530. The molecule has 3 heterocycles. The molecule has 4 aromatic rings. The fraction of sp³-hybridized carbons (Fsp3) is 0.308. The van der Waals surface area contributed by atoms with Crippen LogP contribution in [0.25, 0.3) is 5.82 Å². The lowest BCUT2D eigenvalue weighted by Crippen LogP contribution is -2.26. The number of nitrogens with two attached hydrogens (primary N) is 1. The maximum absolute atomic E-state index is 13.4.